The summed E-state index contributed by atoms with van der Waals surface area (Å²) in [6.45, 7) is 17.6. The van der Waals surface area contributed by atoms with Gasteiger partial charge in [0.2, 0.25) is 0 Å². The normalized spacial score (nSPS) is 10.8. The summed E-state index contributed by atoms with van der Waals surface area (Å²) in [5.74, 6) is 1.37. The average Bonchev–Trinajstić information content (AvgIpc) is 3.51. The van der Waals surface area contributed by atoms with Crippen molar-refractivity contribution in [3.8, 4) is 28.0 Å². The molecule has 1 N–H and O–H groups in total. The van der Waals surface area contributed by atoms with Crippen LogP contribution in [0.2, 0.25) is 0 Å². The zero-order valence-corrected chi connectivity index (χ0v) is 33.7. The van der Waals surface area contributed by atoms with Gasteiger partial charge in [-0.1, -0.05) is 105 Å². The summed E-state index contributed by atoms with van der Waals surface area (Å²) in [4.78, 5) is 4.11. The molecule has 6 aromatic rings. The number of hydrogen-bond acceptors (Lipinski definition) is 2. The molecule has 5 aromatic carbocycles. The van der Waals surface area contributed by atoms with E-state index in [0.29, 0.717) is 17.6 Å². The molecule has 258 valence electrons. The molecule has 3 nitrogen and oxygen atoms in total. The second-order valence-electron chi connectivity index (χ2n) is 13.7. The van der Waals surface area contributed by atoms with E-state index in [4.69, 9.17) is 3.50 Å². The zero-order valence-electron chi connectivity index (χ0n) is 30.8. The van der Waals surface area contributed by atoms with Crippen LogP contribution in [0.25, 0.3) is 22.3 Å². The van der Waals surface area contributed by atoms with Crippen molar-refractivity contribution in [2.75, 3.05) is 0 Å². The number of phenols is 1. The van der Waals surface area contributed by atoms with E-state index in [-0.39, 0.29) is 5.41 Å². The number of benzene rings is 5. The van der Waals surface area contributed by atoms with Crippen LogP contribution in [0.3, 0.4) is 0 Å². The molecule has 1 heterocycles. The van der Waals surface area contributed by atoms with Crippen LogP contribution in [-0.2, 0) is 23.3 Å². The predicted octanol–water partition coefficient (Wildman–Crippen LogP) is 12.6. The summed E-state index contributed by atoms with van der Waals surface area (Å²) < 4.78 is 7.66. The van der Waals surface area contributed by atoms with Gasteiger partial charge >= 0.3 is 156 Å². The van der Waals surface area contributed by atoms with Gasteiger partial charge in [0, 0.05) is 11.1 Å². The minimum absolute atomic E-state index is 0.0974. The van der Waals surface area contributed by atoms with Gasteiger partial charge in [-0.2, -0.15) is 11.4 Å². The molecule has 0 spiro atoms. The van der Waals surface area contributed by atoms with E-state index in [2.05, 4.69) is 99.5 Å². The van der Waals surface area contributed by atoms with Crippen molar-refractivity contribution in [3.05, 3.63) is 168 Å². The summed E-state index contributed by atoms with van der Waals surface area (Å²) in [7, 11) is 0. The maximum atomic E-state index is 10.5. The number of phenolic OH excluding ortho intramolecular Hbond substituents is 1. The first kappa shape index (κ1) is 38.3. The molecule has 4 heteroatoms. The van der Waals surface area contributed by atoms with Crippen molar-refractivity contribution in [1.29, 1.82) is 0 Å². The summed E-state index contributed by atoms with van der Waals surface area (Å²) >= 11 is -0.918. The molecular weight excluding hydrogens is 780 g/mol. The first-order valence-electron chi connectivity index (χ1n) is 17.4. The van der Waals surface area contributed by atoms with E-state index in [1.807, 2.05) is 105 Å². The molecule has 0 saturated heterocycles. The second kappa shape index (κ2) is 18.5. The quantitative estimate of drug-likeness (QED) is 0.174. The van der Waals surface area contributed by atoms with E-state index in [0.717, 1.165) is 33.6 Å². The Morgan fingerprint density at radius 2 is 1.00 bits per heavy atom. The van der Waals surface area contributed by atoms with Crippen molar-refractivity contribution in [2.45, 2.75) is 72.6 Å². The van der Waals surface area contributed by atoms with Crippen LogP contribution in [0.4, 0.5) is 5.69 Å². The zero-order chi connectivity index (χ0) is 36.1. The number of hydrogen-bond donors (Lipinski definition) is 1. The van der Waals surface area contributed by atoms with E-state index >= 15 is 0 Å². The molecule has 0 atom stereocenters. The number of aromatic hydroxyl groups is 1. The van der Waals surface area contributed by atoms with Gasteiger partial charge in [0.15, 0.2) is 0 Å². The fourth-order valence-electron chi connectivity index (χ4n) is 5.60. The van der Waals surface area contributed by atoms with Crippen LogP contribution < -0.4 is 4.98 Å². The third-order valence-electron chi connectivity index (χ3n) is 8.48. The summed E-state index contributed by atoms with van der Waals surface area (Å²) in [5, 5.41) is 10.5. The SMILES string of the molecule is CC(C)c1cccc(C(C)C)c1[N]=[W]=[CH]C(C)(C)c1ccccc1.Cc1ccc(C)[n-]1.Oc1c(-c2ccccc2)cccc1-c1ccccc1. The monoisotopic (exact) mass is 831 g/mol. The van der Waals surface area contributed by atoms with Crippen LogP contribution in [0.15, 0.2) is 143 Å². The molecule has 50 heavy (non-hydrogen) atoms. The van der Waals surface area contributed by atoms with Crippen LogP contribution in [0.1, 0.15) is 81.5 Å². The van der Waals surface area contributed by atoms with Crippen LogP contribution in [-0.4, -0.2) is 9.51 Å². The van der Waals surface area contributed by atoms with Crippen LogP contribution >= 0.6 is 0 Å². The van der Waals surface area contributed by atoms with Gasteiger partial charge in [-0.15, -0.1) is 0 Å². The first-order valence-corrected chi connectivity index (χ1v) is 20.4. The van der Waals surface area contributed by atoms with Crippen molar-refractivity contribution in [2.24, 2.45) is 3.50 Å². The Morgan fingerprint density at radius 1 is 0.580 bits per heavy atom. The van der Waals surface area contributed by atoms with Crippen molar-refractivity contribution in [3.63, 3.8) is 0 Å². The molecule has 0 aliphatic heterocycles. The molecule has 1 aromatic heterocycles. The summed E-state index contributed by atoms with van der Waals surface area (Å²) in [5.41, 5.74) is 11.5. The van der Waals surface area contributed by atoms with Crippen molar-refractivity contribution in [1.82, 2.24) is 4.98 Å². The topological polar surface area (TPSA) is 46.7 Å². The Morgan fingerprint density at radius 3 is 1.40 bits per heavy atom. The molecule has 0 unspecified atom stereocenters. The second-order valence-corrected chi connectivity index (χ2v) is 15.9. The maximum absolute atomic E-state index is 10.5. The Labute approximate surface area is 308 Å². The van der Waals surface area contributed by atoms with Gasteiger partial charge in [-0.05, 0) is 11.1 Å². The van der Waals surface area contributed by atoms with E-state index in [1.54, 1.807) is 0 Å². The molecule has 0 aliphatic carbocycles. The Bertz CT molecular complexity index is 1880. The molecule has 0 bridgehead atoms. The average molecular weight is 832 g/mol. The molecule has 0 fully saturated rings. The van der Waals surface area contributed by atoms with Crippen LogP contribution in [0.5, 0.6) is 5.75 Å². The Kier molecular flexibility index (Phi) is 14.2. The van der Waals surface area contributed by atoms with E-state index in [9.17, 15) is 5.11 Å². The third-order valence-corrected chi connectivity index (χ3v) is 12.0. The molecular formula is C46H51N2OW-. The number of rotatable bonds is 7. The largest absolute Gasteiger partial charge is 0.665 e. The number of aromatic nitrogens is 1. The van der Waals surface area contributed by atoms with Gasteiger partial charge in [-0.25, -0.2) is 0 Å². The standard InChI is InChI=1S/C18H14O.C12H17N.C10H12.C6H8N.W/c19-18-16(14-8-3-1-4-9-14)12-7-13-17(18)15-10-5-2-6-11-15;1-8(2)10-6-5-7-11(9(3)4)12(10)13;1-10(2,3)9-7-5-4-6-8-9;1-5-3-4-6(2)7-5;/h1-13,19H;5-9H,1-4H3;1,4-8H,2-3H3;3-4H,1-2H3;/q;;;-1;. The minimum Gasteiger partial charge on any atom is -0.665 e. The van der Waals surface area contributed by atoms with Crippen molar-refractivity contribution >= 4 is 10.1 Å². The Balaban J connectivity index is 0.000000191. The molecule has 0 aliphatic rings. The molecule has 0 amide bonds. The maximum Gasteiger partial charge on any atom is 0.131 e. The van der Waals surface area contributed by atoms with Crippen LogP contribution in [0, 0.1) is 13.8 Å². The fraction of sp³-hybridized carbons (Fsp3) is 0.239. The molecule has 0 saturated carbocycles. The van der Waals surface area contributed by atoms with Gasteiger partial charge in [0.05, 0.1) is 0 Å². The van der Waals surface area contributed by atoms with Crippen molar-refractivity contribution < 1.29 is 23.0 Å². The Hall–Kier alpha value is -4.46. The fourth-order valence-corrected chi connectivity index (χ4v) is 8.36. The number of nitrogens with zero attached hydrogens (tertiary/aromatic N) is 2. The third kappa shape index (κ3) is 10.8. The molecule has 6 rings (SSSR count). The minimum atomic E-state index is -0.918. The van der Waals surface area contributed by atoms with Gasteiger partial charge in [-0.3, -0.25) is 0 Å². The van der Waals surface area contributed by atoms with Gasteiger partial charge in [0.25, 0.3) is 0 Å². The van der Waals surface area contributed by atoms with Gasteiger partial charge in [0.1, 0.15) is 5.75 Å². The summed E-state index contributed by atoms with van der Waals surface area (Å²) in [6.07, 6.45) is 0. The summed E-state index contributed by atoms with van der Waals surface area (Å²) in [6, 6.07) is 47.2. The first-order chi connectivity index (χ1) is 24.0. The smallest absolute Gasteiger partial charge is 0.131 e. The van der Waals surface area contributed by atoms with E-state index < -0.39 is 17.9 Å². The predicted molar refractivity (Wildman–Crippen MR) is 210 cm³/mol. The van der Waals surface area contributed by atoms with E-state index in [1.165, 1.54) is 22.4 Å². The number of aryl methyl sites for hydroxylation is 2. The van der Waals surface area contributed by atoms with Gasteiger partial charge < -0.3 is 10.1 Å². The molecule has 0 radical (unpaired) electrons. The number of para-hydroxylation sites is 1.